The van der Waals surface area contributed by atoms with Crippen molar-refractivity contribution in [3.05, 3.63) is 65.2 Å². The van der Waals surface area contributed by atoms with Crippen LogP contribution < -0.4 is 10.1 Å². The number of carbonyl (C=O) groups is 2. The number of hydrogen-bond donors (Lipinski definition) is 1. The zero-order chi connectivity index (χ0) is 17.5. The average molecular weight is 335 g/mol. The lowest BCUT2D eigenvalue weighted by Gasteiger charge is -2.15. The molecular formula is C20H17NO4. The number of nitrogens with one attached hydrogen (secondary N) is 1. The molecule has 1 aliphatic heterocycles. The molecular weight excluding hydrogens is 318 g/mol. The Labute approximate surface area is 146 Å². The van der Waals surface area contributed by atoms with E-state index < -0.39 is 6.09 Å². The summed E-state index contributed by atoms with van der Waals surface area (Å²) in [5.41, 5.74) is 2.19. The first kappa shape index (κ1) is 16.6. The van der Waals surface area contributed by atoms with E-state index in [1.165, 1.54) is 0 Å². The molecule has 5 heteroatoms. The molecule has 0 aromatic heterocycles. The number of benzene rings is 2. The summed E-state index contributed by atoms with van der Waals surface area (Å²) in [4.78, 5) is 23.4. The molecule has 5 nitrogen and oxygen atoms in total. The van der Waals surface area contributed by atoms with Crippen LogP contribution in [0.25, 0.3) is 0 Å². The quantitative estimate of drug-likeness (QED) is 0.876. The molecule has 1 heterocycles. The second-order valence-electron chi connectivity index (χ2n) is 5.45. The Balaban J connectivity index is 1.49. The lowest BCUT2D eigenvalue weighted by Crippen LogP contribution is -2.24. The molecule has 0 radical (unpaired) electrons. The number of hydrogen-bond acceptors (Lipinski definition) is 4. The van der Waals surface area contributed by atoms with E-state index in [9.17, 15) is 9.59 Å². The van der Waals surface area contributed by atoms with Crippen molar-refractivity contribution in [1.82, 2.24) is 5.32 Å². The lowest BCUT2D eigenvalue weighted by molar-refractivity contribution is 0.0933. The van der Waals surface area contributed by atoms with Crippen LogP contribution >= 0.6 is 0 Å². The minimum Gasteiger partial charge on any atom is -0.492 e. The summed E-state index contributed by atoms with van der Waals surface area (Å²) in [5, 5.41) is 2.57. The summed E-state index contributed by atoms with van der Waals surface area (Å²) >= 11 is 0. The molecule has 1 amide bonds. The van der Waals surface area contributed by atoms with E-state index in [1.807, 2.05) is 30.3 Å². The molecule has 0 aliphatic carbocycles. The number of rotatable bonds is 3. The Kier molecular flexibility index (Phi) is 5.32. The van der Waals surface area contributed by atoms with Gasteiger partial charge in [0.1, 0.15) is 12.4 Å². The molecule has 3 rings (SSSR count). The second kappa shape index (κ2) is 8.02. The van der Waals surface area contributed by atoms with Crippen LogP contribution in [0.4, 0.5) is 4.79 Å². The van der Waals surface area contributed by atoms with Gasteiger partial charge in [0.25, 0.3) is 0 Å². The third-order valence-electron chi connectivity index (χ3n) is 3.63. The first-order valence-electron chi connectivity index (χ1n) is 7.96. The highest BCUT2D eigenvalue weighted by Crippen LogP contribution is 2.25. The van der Waals surface area contributed by atoms with Crippen LogP contribution in [0.1, 0.15) is 27.9 Å². The summed E-state index contributed by atoms with van der Waals surface area (Å²) in [7, 11) is 0. The molecule has 126 valence electrons. The number of ketones is 1. The van der Waals surface area contributed by atoms with Crippen molar-refractivity contribution in [1.29, 1.82) is 0 Å². The third-order valence-corrected chi connectivity index (χ3v) is 3.63. The predicted octanol–water partition coefficient (Wildman–Crippen LogP) is 2.93. The van der Waals surface area contributed by atoms with Crippen LogP contribution in [0.15, 0.2) is 48.5 Å². The number of carbonyl (C=O) groups excluding carboxylic acids is 2. The van der Waals surface area contributed by atoms with Gasteiger partial charge < -0.3 is 14.8 Å². The van der Waals surface area contributed by atoms with Crippen molar-refractivity contribution < 1.29 is 19.1 Å². The molecule has 25 heavy (non-hydrogen) atoms. The molecule has 1 N–H and O–H groups in total. The van der Waals surface area contributed by atoms with Crippen molar-refractivity contribution >= 4 is 11.9 Å². The zero-order valence-corrected chi connectivity index (χ0v) is 13.6. The maximum Gasteiger partial charge on any atom is 0.408 e. The third kappa shape index (κ3) is 4.61. The van der Waals surface area contributed by atoms with Gasteiger partial charge >= 0.3 is 6.09 Å². The molecule has 0 saturated heterocycles. The second-order valence-corrected chi connectivity index (χ2v) is 5.45. The Morgan fingerprint density at radius 1 is 1.20 bits per heavy atom. The highest BCUT2D eigenvalue weighted by atomic mass is 16.5. The Bertz CT molecular complexity index is 834. The van der Waals surface area contributed by atoms with E-state index in [1.54, 1.807) is 18.2 Å². The number of ether oxygens (including phenoxy) is 2. The van der Waals surface area contributed by atoms with Crippen molar-refractivity contribution in [3.8, 4) is 17.6 Å². The molecule has 0 fully saturated rings. The normalized spacial score (nSPS) is 12.2. The van der Waals surface area contributed by atoms with Gasteiger partial charge in [-0.25, -0.2) is 4.79 Å². The largest absolute Gasteiger partial charge is 0.492 e. The van der Waals surface area contributed by atoms with E-state index in [4.69, 9.17) is 9.47 Å². The van der Waals surface area contributed by atoms with Gasteiger partial charge in [-0.1, -0.05) is 42.2 Å². The zero-order valence-electron chi connectivity index (χ0n) is 13.6. The monoisotopic (exact) mass is 335 g/mol. The van der Waals surface area contributed by atoms with Gasteiger partial charge in [0, 0.05) is 12.0 Å². The predicted molar refractivity (Wildman–Crippen MR) is 92.4 cm³/mol. The van der Waals surface area contributed by atoms with Crippen molar-refractivity contribution in [2.75, 3.05) is 13.2 Å². The maximum absolute atomic E-state index is 11.8. The van der Waals surface area contributed by atoms with Crippen LogP contribution in [0.2, 0.25) is 0 Å². The number of fused-ring (bicyclic) bond motifs is 1. The van der Waals surface area contributed by atoms with Gasteiger partial charge in [0.2, 0.25) is 0 Å². The van der Waals surface area contributed by atoms with E-state index in [0.29, 0.717) is 29.9 Å². The van der Waals surface area contributed by atoms with Gasteiger partial charge in [0.15, 0.2) is 5.78 Å². The fourth-order valence-corrected chi connectivity index (χ4v) is 2.38. The SMILES string of the molecule is O=C(NCC#Cc1ccc2c(c1)C(=O)CCO2)OCc1ccccc1. The topological polar surface area (TPSA) is 64.6 Å². The highest BCUT2D eigenvalue weighted by molar-refractivity contribution is 5.99. The molecule has 0 bridgehead atoms. The number of alkyl carbamates (subject to hydrolysis) is 1. The van der Waals surface area contributed by atoms with Crippen LogP contribution in [0.3, 0.4) is 0 Å². The van der Waals surface area contributed by atoms with Crippen molar-refractivity contribution in [2.45, 2.75) is 13.0 Å². The van der Waals surface area contributed by atoms with Gasteiger partial charge in [0.05, 0.1) is 18.7 Å². The molecule has 1 aliphatic rings. The molecule has 0 spiro atoms. The van der Waals surface area contributed by atoms with Crippen molar-refractivity contribution in [3.63, 3.8) is 0 Å². The van der Waals surface area contributed by atoms with Crippen LogP contribution in [0.5, 0.6) is 5.75 Å². The summed E-state index contributed by atoms with van der Waals surface area (Å²) in [6.45, 7) is 0.800. The fraction of sp³-hybridized carbons (Fsp3) is 0.200. The lowest BCUT2D eigenvalue weighted by atomic mass is 10.0. The standard InChI is InChI=1S/C20H17NO4/c22-18-10-12-24-19-9-8-15(13-17(18)19)7-4-11-21-20(23)25-14-16-5-2-1-3-6-16/h1-3,5-6,8-9,13H,10-12,14H2,(H,21,23). The fourth-order valence-electron chi connectivity index (χ4n) is 2.38. The minimum atomic E-state index is -0.521. The first-order valence-corrected chi connectivity index (χ1v) is 7.96. The van der Waals surface area contributed by atoms with Gasteiger partial charge in [-0.15, -0.1) is 0 Å². The van der Waals surface area contributed by atoms with E-state index in [0.717, 1.165) is 5.56 Å². The highest BCUT2D eigenvalue weighted by Gasteiger charge is 2.18. The average Bonchev–Trinajstić information content (AvgIpc) is 2.65. The molecule has 0 atom stereocenters. The summed E-state index contributed by atoms with van der Waals surface area (Å²) in [5.74, 6) is 6.42. The van der Waals surface area contributed by atoms with Crippen LogP contribution in [0, 0.1) is 11.8 Å². The molecule has 2 aromatic carbocycles. The first-order chi connectivity index (χ1) is 12.2. The molecule has 0 saturated carbocycles. The maximum atomic E-state index is 11.8. The summed E-state index contributed by atoms with van der Waals surface area (Å²) in [6, 6.07) is 14.7. The minimum absolute atomic E-state index is 0.0625. The van der Waals surface area contributed by atoms with E-state index in [-0.39, 0.29) is 18.9 Å². The van der Waals surface area contributed by atoms with E-state index in [2.05, 4.69) is 17.2 Å². The molecule has 2 aromatic rings. The van der Waals surface area contributed by atoms with Crippen LogP contribution in [-0.4, -0.2) is 25.0 Å². The molecule has 0 unspecified atom stereocenters. The van der Waals surface area contributed by atoms with Gasteiger partial charge in [-0.05, 0) is 23.8 Å². The Hall–Kier alpha value is -3.26. The van der Waals surface area contributed by atoms with Gasteiger partial charge in [-0.2, -0.15) is 0 Å². The smallest absolute Gasteiger partial charge is 0.408 e. The van der Waals surface area contributed by atoms with Gasteiger partial charge in [-0.3, -0.25) is 4.79 Å². The summed E-state index contributed by atoms with van der Waals surface area (Å²) < 4.78 is 10.5. The number of amides is 1. The Morgan fingerprint density at radius 3 is 2.88 bits per heavy atom. The number of Topliss-reactive ketones (excluding diaryl/α,β-unsaturated/α-hetero) is 1. The summed E-state index contributed by atoms with van der Waals surface area (Å²) in [6.07, 6.45) is -0.134. The van der Waals surface area contributed by atoms with Crippen molar-refractivity contribution in [2.24, 2.45) is 0 Å². The van der Waals surface area contributed by atoms with E-state index >= 15 is 0 Å². The van der Waals surface area contributed by atoms with Crippen LogP contribution in [-0.2, 0) is 11.3 Å². The Morgan fingerprint density at radius 2 is 2.04 bits per heavy atom.